The molecule has 1 saturated carbocycles. The van der Waals surface area contributed by atoms with Crippen LogP contribution in [-0.2, 0) is 16.1 Å². The molecule has 2 aromatic rings. The molecule has 0 unspecified atom stereocenters. The Labute approximate surface area is 221 Å². The van der Waals surface area contributed by atoms with E-state index in [2.05, 4.69) is 5.32 Å². The Bertz CT molecular complexity index is 1240. The molecule has 5 rings (SSSR count). The monoisotopic (exact) mass is 520 g/mol. The maximum Gasteiger partial charge on any atom is 0.247 e. The number of benzene rings is 2. The molecule has 38 heavy (non-hydrogen) atoms. The molecule has 0 radical (unpaired) electrons. The highest BCUT2D eigenvalue weighted by molar-refractivity contribution is 5.96. The molecule has 1 aliphatic heterocycles. The lowest BCUT2D eigenvalue weighted by Gasteiger charge is -2.42. The number of carbonyl (C=O) groups excluding carboxylic acids is 3. The van der Waals surface area contributed by atoms with Crippen molar-refractivity contribution in [3.63, 3.8) is 0 Å². The van der Waals surface area contributed by atoms with E-state index in [1.807, 2.05) is 30.3 Å². The van der Waals surface area contributed by atoms with Crippen molar-refractivity contribution in [3.8, 4) is 11.5 Å². The van der Waals surface area contributed by atoms with Gasteiger partial charge in [-0.15, -0.1) is 0 Å². The van der Waals surface area contributed by atoms with Gasteiger partial charge in [-0.3, -0.25) is 14.4 Å². The zero-order valence-corrected chi connectivity index (χ0v) is 21.2. The van der Waals surface area contributed by atoms with Crippen molar-refractivity contribution in [3.05, 3.63) is 70.8 Å². The first-order chi connectivity index (χ1) is 18.5. The van der Waals surface area contributed by atoms with Gasteiger partial charge in [0.25, 0.3) is 0 Å². The number of rotatable bonds is 9. The van der Waals surface area contributed by atoms with Gasteiger partial charge in [0.05, 0.1) is 25.7 Å². The minimum atomic E-state index is -1.15. The third-order valence-electron chi connectivity index (χ3n) is 7.70. The highest BCUT2D eigenvalue weighted by Crippen LogP contribution is 2.51. The van der Waals surface area contributed by atoms with Gasteiger partial charge in [0.2, 0.25) is 11.8 Å². The predicted molar refractivity (Wildman–Crippen MR) is 138 cm³/mol. The van der Waals surface area contributed by atoms with Gasteiger partial charge in [-0.1, -0.05) is 36.8 Å². The number of hydrogen-bond donors (Lipinski definition) is 3. The lowest BCUT2D eigenvalue weighted by Crippen LogP contribution is -2.56. The summed E-state index contributed by atoms with van der Waals surface area (Å²) in [4.78, 5) is 40.3. The Kier molecular flexibility index (Phi) is 7.49. The van der Waals surface area contributed by atoms with Crippen LogP contribution in [0.1, 0.15) is 46.7 Å². The van der Waals surface area contributed by atoms with Gasteiger partial charge >= 0.3 is 0 Å². The molecule has 3 N–H and O–H groups in total. The number of hydrogen-bond acceptors (Lipinski definition) is 7. The number of aliphatic hydroxyl groups excluding tert-OH is 2. The van der Waals surface area contributed by atoms with E-state index in [4.69, 9.17) is 9.47 Å². The van der Waals surface area contributed by atoms with Gasteiger partial charge in [0, 0.05) is 35.7 Å². The highest BCUT2D eigenvalue weighted by atomic mass is 16.5. The van der Waals surface area contributed by atoms with Gasteiger partial charge < -0.3 is 29.9 Å². The number of ether oxygens (including phenoxy) is 2. The Morgan fingerprint density at radius 3 is 2.61 bits per heavy atom. The number of aliphatic hydroxyl groups is 2. The van der Waals surface area contributed by atoms with Gasteiger partial charge in [0.1, 0.15) is 18.5 Å². The third-order valence-corrected chi connectivity index (χ3v) is 7.70. The standard InChI is InChI=1S/C29H32N2O7/c1-37-23-13-18(16-33)12-20-24-21(28(35)30-10-11-32)14-22(25(34)27(24)38-26(20)23)31(29(36)19-8-5-9-19)15-17-6-3-2-4-7-17/h2-4,6-7,12-14,16,19,22,24-25,27,32,34H,5,8-11,15H2,1H3,(H,30,35)/t22-,24+,25+,27+/m1/s1. The second-order valence-electron chi connectivity index (χ2n) is 9.98. The summed E-state index contributed by atoms with van der Waals surface area (Å²) in [6.45, 7) is 0.0689. The molecule has 9 heteroatoms. The van der Waals surface area contributed by atoms with Crippen LogP contribution in [0.4, 0.5) is 0 Å². The second kappa shape index (κ2) is 11.0. The first-order valence-corrected chi connectivity index (χ1v) is 12.9. The summed E-state index contributed by atoms with van der Waals surface area (Å²) in [5.41, 5.74) is 2.12. The van der Waals surface area contributed by atoms with Crippen molar-refractivity contribution >= 4 is 18.1 Å². The Morgan fingerprint density at radius 1 is 1.21 bits per heavy atom. The molecule has 200 valence electrons. The van der Waals surface area contributed by atoms with E-state index >= 15 is 0 Å². The summed E-state index contributed by atoms with van der Waals surface area (Å²) in [6.07, 6.45) is 2.86. The number of fused-ring (bicyclic) bond motifs is 3. The summed E-state index contributed by atoms with van der Waals surface area (Å²) in [5, 5.41) is 23.7. The van der Waals surface area contributed by atoms with Crippen LogP contribution in [0.15, 0.2) is 54.1 Å². The molecule has 2 aromatic carbocycles. The molecule has 2 aliphatic carbocycles. The van der Waals surface area contributed by atoms with Crippen LogP contribution in [0.5, 0.6) is 11.5 Å². The van der Waals surface area contributed by atoms with E-state index in [1.54, 1.807) is 23.1 Å². The van der Waals surface area contributed by atoms with Gasteiger partial charge in [-0.05, 0) is 36.6 Å². The quantitative estimate of drug-likeness (QED) is 0.432. The summed E-state index contributed by atoms with van der Waals surface area (Å²) < 4.78 is 11.7. The molecule has 1 heterocycles. The number of methoxy groups -OCH3 is 1. The predicted octanol–water partition coefficient (Wildman–Crippen LogP) is 1.96. The highest BCUT2D eigenvalue weighted by Gasteiger charge is 2.52. The van der Waals surface area contributed by atoms with Crippen molar-refractivity contribution < 1.29 is 34.1 Å². The van der Waals surface area contributed by atoms with E-state index < -0.39 is 30.1 Å². The van der Waals surface area contributed by atoms with Crippen molar-refractivity contribution in [1.29, 1.82) is 0 Å². The smallest absolute Gasteiger partial charge is 0.247 e. The van der Waals surface area contributed by atoms with E-state index in [9.17, 15) is 24.6 Å². The minimum absolute atomic E-state index is 0.0426. The number of aldehydes is 1. The number of nitrogens with one attached hydrogen (secondary N) is 1. The maximum absolute atomic E-state index is 13.7. The van der Waals surface area contributed by atoms with Crippen LogP contribution in [0, 0.1) is 5.92 Å². The van der Waals surface area contributed by atoms with Gasteiger partial charge in [-0.25, -0.2) is 0 Å². The number of amides is 2. The van der Waals surface area contributed by atoms with E-state index in [-0.39, 0.29) is 31.5 Å². The van der Waals surface area contributed by atoms with Crippen LogP contribution in [0.3, 0.4) is 0 Å². The van der Waals surface area contributed by atoms with Crippen LogP contribution in [0.2, 0.25) is 0 Å². The minimum Gasteiger partial charge on any atom is -0.493 e. The molecule has 4 atom stereocenters. The molecule has 9 nitrogen and oxygen atoms in total. The van der Waals surface area contributed by atoms with Gasteiger partial charge in [-0.2, -0.15) is 0 Å². The molecule has 0 bridgehead atoms. The van der Waals surface area contributed by atoms with Crippen LogP contribution in [-0.4, -0.2) is 71.7 Å². The zero-order valence-electron chi connectivity index (χ0n) is 21.2. The first-order valence-electron chi connectivity index (χ1n) is 12.9. The van der Waals surface area contributed by atoms with Crippen LogP contribution < -0.4 is 14.8 Å². The molecular formula is C29H32N2O7. The maximum atomic E-state index is 13.7. The summed E-state index contributed by atoms with van der Waals surface area (Å²) in [5.74, 6) is -0.640. The number of nitrogens with zero attached hydrogens (tertiary/aromatic N) is 1. The molecule has 2 amide bonds. The fourth-order valence-corrected chi connectivity index (χ4v) is 5.56. The van der Waals surface area contributed by atoms with Gasteiger partial charge in [0.15, 0.2) is 11.5 Å². The molecule has 3 aliphatic rings. The lowest BCUT2D eigenvalue weighted by molar-refractivity contribution is -0.145. The van der Waals surface area contributed by atoms with Crippen LogP contribution >= 0.6 is 0 Å². The SMILES string of the molecule is COc1cc(C=O)cc2c1O[C@@H]1[C@@H](O)[C@H](N(Cc3ccccc3)C(=O)C3CCC3)C=C(C(=O)NCCO)[C@H]21. The molecule has 0 spiro atoms. The normalized spacial score (nSPS) is 23.7. The molecule has 0 aromatic heterocycles. The average Bonchev–Trinajstić information content (AvgIpc) is 3.30. The molecule has 1 fully saturated rings. The Morgan fingerprint density at radius 2 is 1.97 bits per heavy atom. The fourth-order valence-electron chi connectivity index (χ4n) is 5.56. The lowest BCUT2D eigenvalue weighted by atomic mass is 9.76. The summed E-state index contributed by atoms with van der Waals surface area (Å²) in [6, 6.07) is 11.9. The zero-order chi connectivity index (χ0) is 26.8. The Hall–Kier alpha value is -3.69. The Balaban J connectivity index is 1.59. The first kappa shape index (κ1) is 25.9. The number of carbonyl (C=O) groups is 3. The summed E-state index contributed by atoms with van der Waals surface area (Å²) in [7, 11) is 1.46. The van der Waals surface area contributed by atoms with E-state index in [0.29, 0.717) is 34.5 Å². The van der Waals surface area contributed by atoms with Crippen molar-refractivity contribution in [1.82, 2.24) is 10.2 Å². The second-order valence-corrected chi connectivity index (χ2v) is 9.98. The fraction of sp³-hybridized carbons (Fsp3) is 0.414. The molecule has 0 saturated heterocycles. The van der Waals surface area contributed by atoms with Crippen molar-refractivity contribution in [2.24, 2.45) is 5.92 Å². The van der Waals surface area contributed by atoms with E-state index in [0.717, 1.165) is 24.8 Å². The van der Waals surface area contributed by atoms with Crippen molar-refractivity contribution in [2.45, 2.75) is 50.0 Å². The molecular weight excluding hydrogens is 488 g/mol. The van der Waals surface area contributed by atoms with Crippen LogP contribution in [0.25, 0.3) is 0 Å². The average molecular weight is 521 g/mol. The largest absolute Gasteiger partial charge is 0.493 e. The van der Waals surface area contributed by atoms with E-state index in [1.165, 1.54) is 7.11 Å². The summed E-state index contributed by atoms with van der Waals surface area (Å²) >= 11 is 0. The van der Waals surface area contributed by atoms with Crippen molar-refractivity contribution in [2.75, 3.05) is 20.3 Å². The third kappa shape index (κ3) is 4.68. The topological polar surface area (TPSA) is 125 Å².